The monoisotopic (exact) mass is 419 g/mol. The van der Waals surface area contributed by atoms with Crippen LogP contribution in [0.15, 0.2) is 42.7 Å². The van der Waals surface area contributed by atoms with Crippen molar-refractivity contribution in [3.8, 4) is 5.69 Å². The molecule has 3 heterocycles. The van der Waals surface area contributed by atoms with Crippen LogP contribution in [0.3, 0.4) is 0 Å². The Labute approximate surface area is 169 Å². The number of benzene rings is 1. The average molecular weight is 420 g/mol. The third-order valence-electron chi connectivity index (χ3n) is 4.96. The van der Waals surface area contributed by atoms with E-state index in [4.69, 9.17) is 11.6 Å². The molecule has 1 amide bonds. The molecule has 2 aromatic heterocycles. The number of amides is 1. The Balaban J connectivity index is 1.65. The standard InChI is InChI=1S/C20H16ClF2N3O3/c21-15-8-13(19(28)29)9-16(10-15)26-4-1-12-7-14(11-24-17(12)26)18(27)25-5-2-20(22,23)3-6-25/h1,4,7-11H,2-3,5-6H2,(H,28,29). The van der Waals surface area contributed by atoms with E-state index in [1.807, 2.05) is 0 Å². The van der Waals surface area contributed by atoms with Crippen LogP contribution in [0.4, 0.5) is 8.78 Å². The zero-order valence-electron chi connectivity index (χ0n) is 15.1. The van der Waals surface area contributed by atoms with Crippen molar-refractivity contribution in [2.75, 3.05) is 13.1 Å². The Bertz CT molecular complexity index is 1120. The van der Waals surface area contributed by atoms with Gasteiger partial charge in [0.25, 0.3) is 11.8 Å². The molecule has 1 aromatic carbocycles. The van der Waals surface area contributed by atoms with Crippen molar-refractivity contribution in [1.29, 1.82) is 0 Å². The molecule has 0 radical (unpaired) electrons. The van der Waals surface area contributed by atoms with E-state index < -0.39 is 11.9 Å². The number of alkyl halides is 2. The van der Waals surface area contributed by atoms with Crippen molar-refractivity contribution in [3.63, 3.8) is 0 Å². The summed E-state index contributed by atoms with van der Waals surface area (Å²) in [5.74, 6) is -4.15. The van der Waals surface area contributed by atoms with E-state index in [1.54, 1.807) is 29.0 Å². The topological polar surface area (TPSA) is 75.4 Å². The average Bonchev–Trinajstić information content (AvgIpc) is 3.10. The summed E-state index contributed by atoms with van der Waals surface area (Å²) in [6.07, 6.45) is 2.41. The number of hydrogen-bond donors (Lipinski definition) is 1. The van der Waals surface area contributed by atoms with E-state index in [2.05, 4.69) is 4.98 Å². The summed E-state index contributed by atoms with van der Waals surface area (Å²) < 4.78 is 28.3. The highest BCUT2D eigenvalue weighted by Gasteiger charge is 2.35. The number of halogens is 3. The van der Waals surface area contributed by atoms with Gasteiger partial charge in [0, 0.05) is 54.4 Å². The van der Waals surface area contributed by atoms with Gasteiger partial charge in [-0.2, -0.15) is 0 Å². The van der Waals surface area contributed by atoms with Crippen LogP contribution in [0.5, 0.6) is 0 Å². The SMILES string of the molecule is O=C(O)c1cc(Cl)cc(-n2ccc3cc(C(=O)N4CCC(F)(F)CC4)cnc32)c1. The van der Waals surface area contributed by atoms with Crippen molar-refractivity contribution >= 4 is 34.5 Å². The number of nitrogens with zero attached hydrogens (tertiary/aromatic N) is 3. The third kappa shape index (κ3) is 3.80. The Hall–Kier alpha value is -3.00. The van der Waals surface area contributed by atoms with Gasteiger partial charge in [0.15, 0.2) is 0 Å². The number of rotatable bonds is 3. The maximum atomic E-state index is 13.3. The highest BCUT2D eigenvalue weighted by atomic mass is 35.5. The van der Waals surface area contributed by atoms with E-state index in [0.29, 0.717) is 22.3 Å². The molecule has 1 fully saturated rings. The first kappa shape index (κ1) is 19.3. The summed E-state index contributed by atoms with van der Waals surface area (Å²) in [6, 6.07) is 7.83. The Kier molecular flexibility index (Phi) is 4.74. The first-order valence-electron chi connectivity index (χ1n) is 8.92. The normalized spacial score (nSPS) is 16.2. The molecule has 0 spiro atoms. The molecule has 0 aliphatic carbocycles. The van der Waals surface area contributed by atoms with Gasteiger partial charge in [0.1, 0.15) is 5.65 Å². The smallest absolute Gasteiger partial charge is 0.335 e. The van der Waals surface area contributed by atoms with Gasteiger partial charge >= 0.3 is 5.97 Å². The molecule has 150 valence electrons. The second-order valence-corrected chi connectivity index (χ2v) is 7.41. The first-order chi connectivity index (χ1) is 13.7. The fraction of sp³-hybridized carbons (Fsp3) is 0.250. The van der Waals surface area contributed by atoms with Crippen LogP contribution in [-0.2, 0) is 0 Å². The minimum absolute atomic E-state index is 0.00532. The lowest BCUT2D eigenvalue weighted by molar-refractivity contribution is -0.0494. The minimum atomic E-state index is -2.72. The van der Waals surface area contributed by atoms with Gasteiger partial charge in [-0.25, -0.2) is 18.6 Å². The molecule has 0 saturated carbocycles. The van der Waals surface area contributed by atoms with Crippen LogP contribution < -0.4 is 0 Å². The number of carbonyl (C=O) groups is 2. The van der Waals surface area contributed by atoms with E-state index in [1.165, 1.54) is 23.2 Å². The summed E-state index contributed by atoms with van der Waals surface area (Å²) >= 11 is 6.03. The lowest BCUT2D eigenvalue weighted by Crippen LogP contribution is -2.42. The van der Waals surface area contributed by atoms with E-state index in [-0.39, 0.29) is 42.4 Å². The van der Waals surface area contributed by atoms with Gasteiger partial charge in [0.2, 0.25) is 0 Å². The highest BCUT2D eigenvalue weighted by Crippen LogP contribution is 2.29. The number of carboxylic acids is 1. The molecule has 1 saturated heterocycles. The van der Waals surface area contributed by atoms with Gasteiger partial charge < -0.3 is 14.6 Å². The van der Waals surface area contributed by atoms with Crippen molar-refractivity contribution in [2.45, 2.75) is 18.8 Å². The Morgan fingerprint density at radius 2 is 1.83 bits per heavy atom. The first-order valence-corrected chi connectivity index (χ1v) is 9.30. The molecular weight excluding hydrogens is 404 g/mol. The molecule has 0 bridgehead atoms. The van der Waals surface area contributed by atoms with Crippen molar-refractivity contribution in [1.82, 2.24) is 14.5 Å². The van der Waals surface area contributed by atoms with Crippen LogP contribution in [0, 0.1) is 0 Å². The van der Waals surface area contributed by atoms with Crippen molar-refractivity contribution in [3.05, 3.63) is 58.9 Å². The number of hydrogen-bond acceptors (Lipinski definition) is 3. The lowest BCUT2D eigenvalue weighted by Gasteiger charge is -2.31. The number of piperidine rings is 1. The predicted molar refractivity (Wildman–Crippen MR) is 103 cm³/mol. The Morgan fingerprint density at radius 1 is 1.10 bits per heavy atom. The number of aromatic carboxylic acids is 1. The predicted octanol–water partition coefficient (Wildman–Crippen LogP) is 4.25. The lowest BCUT2D eigenvalue weighted by atomic mass is 10.1. The maximum absolute atomic E-state index is 13.3. The van der Waals surface area contributed by atoms with Gasteiger partial charge in [-0.05, 0) is 30.3 Å². The molecule has 1 aliphatic rings. The van der Waals surface area contributed by atoms with Gasteiger partial charge in [-0.1, -0.05) is 11.6 Å². The number of likely N-dealkylation sites (tertiary alicyclic amines) is 1. The number of pyridine rings is 1. The van der Waals surface area contributed by atoms with Crippen molar-refractivity contribution in [2.24, 2.45) is 0 Å². The number of carbonyl (C=O) groups excluding carboxylic acids is 1. The zero-order chi connectivity index (χ0) is 20.8. The molecule has 0 unspecified atom stereocenters. The van der Waals surface area contributed by atoms with Crippen LogP contribution in [0.25, 0.3) is 16.7 Å². The number of carboxylic acid groups (broad SMARTS) is 1. The molecule has 6 nitrogen and oxygen atoms in total. The van der Waals surface area contributed by atoms with Gasteiger partial charge in [-0.3, -0.25) is 4.79 Å². The minimum Gasteiger partial charge on any atom is -0.478 e. The molecule has 0 atom stereocenters. The summed E-state index contributed by atoms with van der Waals surface area (Å²) in [7, 11) is 0. The van der Waals surface area contributed by atoms with Crippen LogP contribution in [0.1, 0.15) is 33.6 Å². The van der Waals surface area contributed by atoms with E-state index in [9.17, 15) is 23.5 Å². The number of aromatic nitrogens is 2. The molecule has 1 N–H and O–H groups in total. The van der Waals surface area contributed by atoms with Crippen LogP contribution >= 0.6 is 11.6 Å². The second kappa shape index (κ2) is 7.11. The van der Waals surface area contributed by atoms with Gasteiger partial charge in [-0.15, -0.1) is 0 Å². The summed E-state index contributed by atoms with van der Waals surface area (Å²) in [6.45, 7) is 0.0106. The molecule has 29 heavy (non-hydrogen) atoms. The molecular formula is C20H16ClF2N3O3. The second-order valence-electron chi connectivity index (χ2n) is 6.97. The maximum Gasteiger partial charge on any atom is 0.335 e. The zero-order valence-corrected chi connectivity index (χ0v) is 15.9. The van der Waals surface area contributed by atoms with E-state index in [0.717, 1.165) is 0 Å². The van der Waals surface area contributed by atoms with Crippen LogP contribution in [0.2, 0.25) is 5.02 Å². The van der Waals surface area contributed by atoms with Crippen molar-refractivity contribution < 1.29 is 23.5 Å². The summed E-state index contributed by atoms with van der Waals surface area (Å²) in [5.41, 5.74) is 1.40. The van der Waals surface area contributed by atoms with Crippen LogP contribution in [-0.4, -0.2) is 50.4 Å². The quantitative estimate of drug-likeness (QED) is 0.688. The molecule has 1 aliphatic heterocycles. The van der Waals surface area contributed by atoms with E-state index >= 15 is 0 Å². The highest BCUT2D eigenvalue weighted by molar-refractivity contribution is 6.31. The molecule has 3 aromatic rings. The molecule has 9 heteroatoms. The number of fused-ring (bicyclic) bond motifs is 1. The Morgan fingerprint density at radius 3 is 2.52 bits per heavy atom. The third-order valence-corrected chi connectivity index (χ3v) is 5.18. The molecule has 4 rings (SSSR count). The fourth-order valence-corrected chi connectivity index (χ4v) is 3.63. The largest absolute Gasteiger partial charge is 0.478 e. The summed E-state index contributed by atoms with van der Waals surface area (Å²) in [4.78, 5) is 29.7. The van der Waals surface area contributed by atoms with Gasteiger partial charge in [0.05, 0.1) is 11.1 Å². The summed E-state index contributed by atoms with van der Waals surface area (Å²) in [5, 5.41) is 10.2. The fourth-order valence-electron chi connectivity index (χ4n) is 3.41.